The number of benzene rings is 2. The van der Waals surface area contributed by atoms with Crippen LogP contribution in [-0.4, -0.2) is 42.8 Å². The van der Waals surface area contributed by atoms with Gasteiger partial charge in [-0.3, -0.25) is 4.79 Å². The molecule has 1 fully saturated rings. The second-order valence-corrected chi connectivity index (χ2v) is 5.99. The highest BCUT2D eigenvalue weighted by molar-refractivity contribution is 5.95. The number of methoxy groups -OCH3 is 2. The molecule has 132 valence electrons. The number of carbonyl (C=O) groups excluding carboxylic acids is 1. The monoisotopic (exact) mass is 345 g/mol. The Morgan fingerprint density at radius 2 is 1.92 bits per heavy atom. The summed E-state index contributed by atoms with van der Waals surface area (Å²) in [4.78, 5) is 14.5. The van der Waals surface area contributed by atoms with Crippen molar-refractivity contribution in [2.75, 3.05) is 20.8 Å². The summed E-state index contributed by atoms with van der Waals surface area (Å²) < 4.78 is 24.0. The Bertz CT molecular complexity index is 780. The van der Waals surface area contributed by atoms with Crippen molar-refractivity contribution in [3.05, 3.63) is 59.4 Å². The van der Waals surface area contributed by atoms with Gasteiger partial charge in [-0.15, -0.1) is 0 Å². The molecule has 1 N–H and O–H groups in total. The standard InChI is InChI=1S/C19H20FNO4/c1-24-17-7-6-13(9-18(17)25-2)19(23)21-11-15(22)10-16(21)12-4-3-5-14(20)8-12/h3-9,15-16,22H,10-11H2,1-2H3/t15-,16-/m0/s1. The SMILES string of the molecule is COc1ccc(C(=O)N2C[C@@H](O)C[C@H]2c2cccc(F)c2)cc1OC. The van der Waals surface area contributed by atoms with E-state index in [0.717, 1.165) is 0 Å². The normalized spacial score (nSPS) is 19.8. The maximum atomic E-state index is 13.6. The first-order chi connectivity index (χ1) is 12.0. The number of amides is 1. The molecule has 0 spiro atoms. The highest BCUT2D eigenvalue weighted by Gasteiger charge is 2.36. The van der Waals surface area contributed by atoms with Crippen molar-refractivity contribution in [1.82, 2.24) is 4.90 Å². The van der Waals surface area contributed by atoms with Gasteiger partial charge in [-0.25, -0.2) is 4.39 Å². The number of likely N-dealkylation sites (tertiary alicyclic amines) is 1. The van der Waals surface area contributed by atoms with E-state index in [9.17, 15) is 14.3 Å². The van der Waals surface area contributed by atoms with E-state index in [1.165, 1.54) is 26.4 Å². The van der Waals surface area contributed by atoms with Crippen molar-refractivity contribution in [2.24, 2.45) is 0 Å². The molecule has 2 aromatic carbocycles. The highest BCUT2D eigenvalue weighted by Crippen LogP contribution is 2.35. The van der Waals surface area contributed by atoms with Crippen molar-refractivity contribution in [2.45, 2.75) is 18.6 Å². The van der Waals surface area contributed by atoms with Crippen molar-refractivity contribution in [1.29, 1.82) is 0 Å². The van der Waals surface area contributed by atoms with Gasteiger partial charge < -0.3 is 19.5 Å². The van der Waals surface area contributed by atoms with E-state index in [0.29, 0.717) is 29.0 Å². The number of carbonyl (C=O) groups is 1. The summed E-state index contributed by atoms with van der Waals surface area (Å²) in [6, 6.07) is 10.7. The number of hydrogen-bond donors (Lipinski definition) is 1. The summed E-state index contributed by atoms with van der Waals surface area (Å²) in [5.74, 6) is 0.377. The Balaban J connectivity index is 1.92. The average Bonchev–Trinajstić information content (AvgIpc) is 3.02. The summed E-state index contributed by atoms with van der Waals surface area (Å²) >= 11 is 0. The largest absolute Gasteiger partial charge is 0.493 e. The van der Waals surface area contributed by atoms with Crippen LogP contribution in [0.5, 0.6) is 11.5 Å². The molecule has 1 heterocycles. The number of ether oxygens (including phenoxy) is 2. The van der Waals surface area contributed by atoms with Crippen molar-refractivity contribution >= 4 is 5.91 Å². The van der Waals surface area contributed by atoms with Crippen molar-refractivity contribution < 1.29 is 23.8 Å². The van der Waals surface area contributed by atoms with Gasteiger partial charge in [0, 0.05) is 12.1 Å². The van der Waals surface area contributed by atoms with Gasteiger partial charge in [0.2, 0.25) is 0 Å². The molecule has 1 saturated heterocycles. The van der Waals surface area contributed by atoms with Gasteiger partial charge in [0.1, 0.15) is 5.82 Å². The second-order valence-electron chi connectivity index (χ2n) is 5.99. The third-order valence-corrected chi connectivity index (χ3v) is 4.40. The average molecular weight is 345 g/mol. The molecule has 2 atom stereocenters. The number of rotatable bonds is 4. The minimum Gasteiger partial charge on any atom is -0.493 e. The first kappa shape index (κ1) is 17.2. The zero-order valence-corrected chi connectivity index (χ0v) is 14.1. The van der Waals surface area contributed by atoms with E-state index in [2.05, 4.69) is 0 Å². The molecule has 25 heavy (non-hydrogen) atoms. The molecule has 0 aliphatic carbocycles. The molecule has 6 heteroatoms. The van der Waals surface area contributed by atoms with Crippen LogP contribution in [-0.2, 0) is 0 Å². The van der Waals surface area contributed by atoms with Gasteiger partial charge in [-0.1, -0.05) is 12.1 Å². The van der Waals surface area contributed by atoms with Crippen LogP contribution in [0, 0.1) is 5.82 Å². The van der Waals surface area contributed by atoms with Gasteiger partial charge in [0.05, 0.1) is 26.4 Å². The molecule has 3 rings (SSSR count). The maximum Gasteiger partial charge on any atom is 0.254 e. The van der Waals surface area contributed by atoms with Gasteiger partial charge in [0.25, 0.3) is 5.91 Å². The minimum absolute atomic E-state index is 0.203. The Morgan fingerprint density at radius 1 is 1.16 bits per heavy atom. The highest BCUT2D eigenvalue weighted by atomic mass is 19.1. The van der Waals surface area contributed by atoms with Gasteiger partial charge in [-0.2, -0.15) is 0 Å². The van der Waals surface area contributed by atoms with Crippen LogP contribution in [0.4, 0.5) is 4.39 Å². The van der Waals surface area contributed by atoms with E-state index in [1.807, 2.05) is 0 Å². The number of aliphatic hydroxyl groups excluding tert-OH is 1. The summed E-state index contributed by atoms with van der Waals surface area (Å²) in [7, 11) is 3.03. The first-order valence-corrected chi connectivity index (χ1v) is 8.00. The molecule has 1 aliphatic heterocycles. The van der Waals surface area contributed by atoms with Gasteiger partial charge in [0.15, 0.2) is 11.5 Å². The van der Waals surface area contributed by atoms with Crippen LogP contribution in [0.1, 0.15) is 28.4 Å². The lowest BCUT2D eigenvalue weighted by Crippen LogP contribution is -2.31. The molecule has 0 saturated carbocycles. The van der Waals surface area contributed by atoms with Crippen LogP contribution >= 0.6 is 0 Å². The van der Waals surface area contributed by atoms with E-state index in [1.54, 1.807) is 35.2 Å². The fourth-order valence-electron chi connectivity index (χ4n) is 3.20. The fourth-order valence-corrected chi connectivity index (χ4v) is 3.20. The smallest absolute Gasteiger partial charge is 0.254 e. The van der Waals surface area contributed by atoms with E-state index < -0.39 is 6.10 Å². The van der Waals surface area contributed by atoms with Crippen LogP contribution in [0.2, 0.25) is 0 Å². The number of nitrogens with zero attached hydrogens (tertiary/aromatic N) is 1. The summed E-state index contributed by atoms with van der Waals surface area (Å²) in [6.45, 7) is 0.203. The molecule has 0 aromatic heterocycles. The zero-order chi connectivity index (χ0) is 18.0. The third-order valence-electron chi connectivity index (χ3n) is 4.40. The predicted octanol–water partition coefficient (Wildman–Crippen LogP) is 2.79. The molecular weight excluding hydrogens is 325 g/mol. The fraction of sp³-hybridized carbons (Fsp3) is 0.316. The van der Waals surface area contributed by atoms with Gasteiger partial charge in [-0.05, 0) is 42.3 Å². The molecule has 0 unspecified atom stereocenters. The number of aliphatic hydroxyl groups is 1. The topological polar surface area (TPSA) is 59.0 Å². The van der Waals surface area contributed by atoms with Gasteiger partial charge >= 0.3 is 0 Å². The third kappa shape index (κ3) is 3.44. The Hall–Kier alpha value is -2.60. The number of halogens is 1. The van der Waals surface area contributed by atoms with Crippen LogP contribution in [0.3, 0.4) is 0 Å². The molecule has 0 bridgehead atoms. The zero-order valence-electron chi connectivity index (χ0n) is 14.1. The van der Waals surface area contributed by atoms with E-state index in [-0.39, 0.29) is 24.3 Å². The Morgan fingerprint density at radius 3 is 2.60 bits per heavy atom. The lowest BCUT2D eigenvalue weighted by molar-refractivity contribution is 0.0715. The van der Waals surface area contributed by atoms with Crippen LogP contribution in [0.15, 0.2) is 42.5 Å². The van der Waals surface area contributed by atoms with Crippen LogP contribution in [0.25, 0.3) is 0 Å². The second kappa shape index (κ2) is 7.11. The molecular formula is C19H20FNO4. The minimum atomic E-state index is -0.641. The maximum absolute atomic E-state index is 13.6. The molecule has 0 radical (unpaired) electrons. The number of hydrogen-bond acceptors (Lipinski definition) is 4. The molecule has 2 aromatic rings. The summed E-state index contributed by atoms with van der Waals surface area (Å²) in [5, 5.41) is 10.0. The molecule has 1 amide bonds. The quantitative estimate of drug-likeness (QED) is 0.926. The first-order valence-electron chi connectivity index (χ1n) is 8.00. The van der Waals surface area contributed by atoms with E-state index >= 15 is 0 Å². The molecule has 5 nitrogen and oxygen atoms in total. The number of β-amino-alcohol motifs (C(OH)–C–C–N with tert-alkyl or cyclic N) is 1. The summed E-state index contributed by atoms with van der Waals surface area (Å²) in [5.41, 5.74) is 1.10. The lowest BCUT2D eigenvalue weighted by atomic mass is 10.0. The molecule has 1 aliphatic rings. The summed E-state index contributed by atoms with van der Waals surface area (Å²) in [6.07, 6.45) is -0.264. The predicted molar refractivity (Wildman–Crippen MR) is 90.3 cm³/mol. The van der Waals surface area contributed by atoms with Crippen molar-refractivity contribution in [3.8, 4) is 11.5 Å². The van der Waals surface area contributed by atoms with Crippen LogP contribution < -0.4 is 9.47 Å². The van der Waals surface area contributed by atoms with E-state index in [4.69, 9.17) is 9.47 Å². The van der Waals surface area contributed by atoms with Crippen molar-refractivity contribution in [3.63, 3.8) is 0 Å². The Kier molecular flexibility index (Phi) is 4.90. The lowest BCUT2D eigenvalue weighted by Gasteiger charge is -2.25. The Labute approximate surface area is 145 Å².